The molecule has 1 aromatic carbocycles. The highest BCUT2D eigenvalue weighted by Gasteiger charge is 2.07. The lowest BCUT2D eigenvalue weighted by molar-refractivity contribution is 0.160. The summed E-state index contributed by atoms with van der Waals surface area (Å²) in [5.74, 6) is 0.696. The van der Waals surface area contributed by atoms with E-state index < -0.39 is 0 Å². The standard InChI is InChI=1S/C17H29N3O3/c1-5-23-16-13-14(2)7-8-15(16)19-17(21)18-9-6-10-20(3)11-12-22-4/h7-8,13H,5-6,9-12H2,1-4H3,(H2,18,19,21). The van der Waals surface area contributed by atoms with Crippen molar-refractivity contribution in [1.29, 1.82) is 0 Å². The Morgan fingerprint density at radius 1 is 1.30 bits per heavy atom. The number of nitrogens with one attached hydrogen (secondary N) is 2. The van der Waals surface area contributed by atoms with Crippen LogP contribution in [0.5, 0.6) is 5.75 Å². The molecule has 0 aliphatic heterocycles. The highest BCUT2D eigenvalue weighted by Crippen LogP contribution is 2.25. The van der Waals surface area contributed by atoms with E-state index in [1.807, 2.05) is 39.1 Å². The number of rotatable bonds is 10. The van der Waals surface area contributed by atoms with E-state index in [0.29, 0.717) is 24.6 Å². The molecule has 0 aliphatic rings. The molecule has 0 saturated carbocycles. The second-order valence-electron chi connectivity index (χ2n) is 5.46. The van der Waals surface area contributed by atoms with Gasteiger partial charge in [-0.3, -0.25) is 0 Å². The lowest BCUT2D eigenvalue weighted by Crippen LogP contribution is -2.32. The average molecular weight is 323 g/mol. The summed E-state index contributed by atoms with van der Waals surface area (Å²) in [7, 11) is 3.74. The van der Waals surface area contributed by atoms with E-state index in [0.717, 1.165) is 31.7 Å². The number of aryl methyl sites for hydroxylation is 1. The van der Waals surface area contributed by atoms with Gasteiger partial charge in [-0.15, -0.1) is 0 Å². The second kappa shape index (κ2) is 10.9. The van der Waals surface area contributed by atoms with E-state index in [-0.39, 0.29) is 6.03 Å². The summed E-state index contributed by atoms with van der Waals surface area (Å²) < 4.78 is 10.6. The Labute approximate surface area is 139 Å². The molecule has 0 radical (unpaired) electrons. The smallest absolute Gasteiger partial charge is 0.319 e. The second-order valence-corrected chi connectivity index (χ2v) is 5.46. The van der Waals surface area contributed by atoms with Crippen LogP contribution in [0.3, 0.4) is 0 Å². The predicted octanol–water partition coefficient (Wildman–Crippen LogP) is 2.48. The number of methoxy groups -OCH3 is 1. The molecule has 0 heterocycles. The maximum Gasteiger partial charge on any atom is 0.319 e. The molecule has 0 spiro atoms. The van der Waals surface area contributed by atoms with Gasteiger partial charge < -0.3 is 25.0 Å². The third-order valence-electron chi connectivity index (χ3n) is 3.36. The average Bonchev–Trinajstić information content (AvgIpc) is 2.52. The molecular formula is C17H29N3O3. The van der Waals surface area contributed by atoms with E-state index >= 15 is 0 Å². The molecule has 130 valence electrons. The SMILES string of the molecule is CCOc1cc(C)ccc1NC(=O)NCCCN(C)CCOC. The van der Waals surface area contributed by atoms with E-state index in [1.165, 1.54) is 0 Å². The third-order valence-corrected chi connectivity index (χ3v) is 3.36. The Morgan fingerprint density at radius 2 is 2.09 bits per heavy atom. The lowest BCUT2D eigenvalue weighted by atomic mass is 10.2. The van der Waals surface area contributed by atoms with E-state index in [9.17, 15) is 4.79 Å². The largest absolute Gasteiger partial charge is 0.492 e. The Kier molecular flexibility index (Phi) is 9.09. The molecule has 0 aromatic heterocycles. The number of urea groups is 1. The molecule has 23 heavy (non-hydrogen) atoms. The minimum Gasteiger partial charge on any atom is -0.492 e. The first kappa shape index (κ1) is 19.3. The number of hydrogen-bond donors (Lipinski definition) is 2. The highest BCUT2D eigenvalue weighted by molar-refractivity contribution is 5.90. The zero-order chi connectivity index (χ0) is 17.1. The Balaban J connectivity index is 2.34. The Morgan fingerprint density at radius 3 is 2.78 bits per heavy atom. The highest BCUT2D eigenvalue weighted by atomic mass is 16.5. The van der Waals surface area contributed by atoms with Crippen molar-refractivity contribution in [2.24, 2.45) is 0 Å². The number of carbonyl (C=O) groups excluding carboxylic acids is 1. The van der Waals surface area contributed by atoms with Crippen LogP contribution in [0.4, 0.5) is 10.5 Å². The van der Waals surface area contributed by atoms with Gasteiger partial charge in [-0.25, -0.2) is 4.79 Å². The summed E-state index contributed by atoms with van der Waals surface area (Å²) >= 11 is 0. The van der Waals surface area contributed by atoms with Crippen LogP contribution in [-0.4, -0.2) is 57.9 Å². The molecule has 1 aromatic rings. The Bertz CT molecular complexity index is 480. The van der Waals surface area contributed by atoms with Crippen LogP contribution in [0.15, 0.2) is 18.2 Å². The van der Waals surface area contributed by atoms with Crippen molar-refractivity contribution in [3.63, 3.8) is 0 Å². The molecule has 2 N–H and O–H groups in total. The summed E-state index contributed by atoms with van der Waals surface area (Å²) in [6, 6.07) is 5.51. The van der Waals surface area contributed by atoms with Gasteiger partial charge in [0.15, 0.2) is 0 Å². The maximum absolute atomic E-state index is 12.0. The molecule has 0 aliphatic carbocycles. The van der Waals surface area contributed by atoms with E-state index in [4.69, 9.17) is 9.47 Å². The summed E-state index contributed by atoms with van der Waals surface area (Å²) in [5.41, 5.74) is 1.78. The van der Waals surface area contributed by atoms with Gasteiger partial charge in [0.1, 0.15) is 5.75 Å². The van der Waals surface area contributed by atoms with E-state index in [1.54, 1.807) is 7.11 Å². The van der Waals surface area contributed by atoms with Crippen molar-refractivity contribution in [3.8, 4) is 5.75 Å². The molecular weight excluding hydrogens is 294 g/mol. The van der Waals surface area contributed by atoms with Gasteiger partial charge in [-0.05, 0) is 51.6 Å². The van der Waals surface area contributed by atoms with Crippen LogP contribution in [0.1, 0.15) is 18.9 Å². The molecule has 0 unspecified atom stereocenters. The van der Waals surface area contributed by atoms with Crippen LogP contribution in [0, 0.1) is 6.92 Å². The number of hydrogen-bond acceptors (Lipinski definition) is 4. The van der Waals surface area contributed by atoms with Crippen molar-refractivity contribution in [3.05, 3.63) is 23.8 Å². The third kappa shape index (κ3) is 7.85. The van der Waals surface area contributed by atoms with Gasteiger partial charge in [-0.2, -0.15) is 0 Å². The van der Waals surface area contributed by atoms with Crippen molar-refractivity contribution >= 4 is 11.7 Å². The summed E-state index contributed by atoms with van der Waals surface area (Å²) in [4.78, 5) is 14.1. The summed E-state index contributed by atoms with van der Waals surface area (Å²) in [5, 5.41) is 5.70. The normalized spacial score (nSPS) is 10.7. The fourth-order valence-corrected chi connectivity index (χ4v) is 2.08. The first-order valence-corrected chi connectivity index (χ1v) is 8.02. The maximum atomic E-state index is 12.0. The number of anilines is 1. The zero-order valence-electron chi connectivity index (χ0n) is 14.6. The Hall–Kier alpha value is -1.79. The van der Waals surface area contributed by atoms with Gasteiger partial charge in [0, 0.05) is 20.2 Å². The topological polar surface area (TPSA) is 62.8 Å². The predicted molar refractivity (Wildman–Crippen MR) is 93.4 cm³/mol. The van der Waals surface area contributed by atoms with Crippen LogP contribution < -0.4 is 15.4 Å². The van der Waals surface area contributed by atoms with Gasteiger partial charge in [0.25, 0.3) is 0 Å². The molecule has 6 nitrogen and oxygen atoms in total. The fraction of sp³-hybridized carbons (Fsp3) is 0.588. The van der Waals surface area contributed by atoms with E-state index in [2.05, 4.69) is 15.5 Å². The summed E-state index contributed by atoms with van der Waals surface area (Å²) in [6.07, 6.45) is 0.889. The number of amides is 2. The van der Waals surface area contributed by atoms with Crippen LogP contribution in [-0.2, 0) is 4.74 Å². The quantitative estimate of drug-likeness (QED) is 0.649. The molecule has 0 fully saturated rings. The number of nitrogens with zero attached hydrogens (tertiary/aromatic N) is 1. The molecule has 2 amide bonds. The minimum atomic E-state index is -0.214. The number of carbonyl (C=O) groups is 1. The number of likely N-dealkylation sites (N-methyl/N-ethyl adjacent to an activating group) is 1. The fourth-order valence-electron chi connectivity index (χ4n) is 2.08. The molecule has 0 saturated heterocycles. The van der Waals surface area contributed by atoms with Crippen LogP contribution in [0.2, 0.25) is 0 Å². The molecule has 0 atom stereocenters. The molecule has 6 heteroatoms. The van der Waals surface area contributed by atoms with Crippen LogP contribution in [0.25, 0.3) is 0 Å². The van der Waals surface area contributed by atoms with Gasteiger partial charge in [0.2, 0.25) is 0 Å². The van der Waals surface area contributed by atoms with Crippen molar-refractivity contribution in [1.82, 2.24) is 10.2 Å². The van der Waals surface area contributed by atoms with Crippen molar-refractivity contribution < 1.29 is 14.3 Å². The minimum absolute atomic E-state index is 0.214. The molecule has 1 rings (SSSR count). The molecule has 0 bridgehead atoms. The summed E-state index contributed by atoms with van der Waals surface area (Å²) in [6.45, 7) is 7.63. The zero-order valence-corrected chi connectivity index (χ0v) is 14.6. The first-order valence-electron chi connectivity index (χ1n) is 8.02. The van der Waals surface area contributed by atoms with Gasteiger partial charge >= 0.3 is 6.03 Å². The monoisotopic (exact) mass is 323 g/mol. The van der Waals surface area contributed by atoms with Gasteiger partial charge in [0.05, 0.1) is 18.9 Å². The van der Waals surface area contributed by atoms with Crippen molar-refractivity contribution in [2.45, 2.75) is 20.3 Å². The first-order chi connectivity index (χ1) is 11.1. The number of ether oxygens (including phenoxy) is 2. The van der Waals surface area contributed by atoms with Crippen LogP contribution >= 0.6 is 0 Å². The van der Waals surface area contributed by atoms with Crippen molar-refractivity contribution in [2.75, 3.05) is 52.3 Å². The van der Waals surface area contributed by atoms with Gasteiger partial charge in [-0.1, -0.05) is 6.07 Å². The number of benzene rings is 1. The lowest BCUT2D eigenvalue weighted by Gasteiger charge is -2.16.